The van der Waals surface area contributed by atoms with Gasteiger partial charge in [0, 0.05) is 25.1 Å². The van der Waals surface area contributed by atoms with Crippen molar-refractivity contribution in [3.8, 4) is 0 Å². The van der Waals surface area contributed by atoms with Crippen LogP contribution in [0.5, 0.6) is 0 Å². The van der Waals surface area contributed by atoms with Gasteiger partial charge in [-0.05, 0) is 18.1 Å². The van der Waals surface area contributed by atoms with Crippen molar-refractivity contribution in [2.75, 3.05) is 5.73 Å². The van der Waals surface area contributed by atoms with Crippen LogP contribution in [-0.2, 0) is 13.1 Å². The highest BCUT2D eigenvalue weighted by atomic mass is 16.2. The Morgan fingerprint density at radius 3 is 2.79 bits per heavy atom. The summed E-state index contributed by atoms with van der Waals surface area (Å²) < 4.78 is 2.61. The molecule has 0 aromatic carbocycles. The van der Waals surface area contributed by atoms with Gasteiger partial charge >= 0.3 is 5.69 Å². The summed E-state index contributed by atoms with van der Waals surface area (Å²) in [5.41, 5.74) is 5.73. The van der Waals surface area contributed by atoms with Crippen LogP contribution in [0.1, 0.15) is 18.9 Å². The lowest BCUT2D eigenvalue weighted by molar-refractivity contribution is 0.573. The van der Waals surface area contributed by atoms with Gasteiger partial charge in [0.1, 0.15) is 5.69 Å². The molecule has 2 heterocycles. The Balaban J connectivity index is 2.50. The van der Waals surface area contributed by atoms with Gasteiger partial charge in [-0.25, -0.2) is 4.79 Å². The lowest BCUT2D eigenvalue weighted by Gasteiger charge is -2.10. The molecule has 0 aliphatic carbocycles. The molecule has 0 spiro atoms. The van der Waals surface area contributed by atoms with Gasteiger partial charge in [-0.15, -0.1) is 0 Å². The Kier molecular flexibility index (Phi) is 3.79. The smallest absolute Gasteiger partial charge is 0.331 e. The molecule has 2 rings (SSSR count). The van der Waals surface area contributed by atoms with Gasteiger partial charge in [0.15, 0.2) is 0 Å². The fraction of sp³-hybridized carbons (Fsp3) is 0.308. The van der Waals surface area contributed by atoms with Crippen LogP contribution in [0.25, 0.3) is 0 Å². The van der Waals surface area contributed by atoms with Crippen LogP contribution in [0, 0.1) is 0 Å². The van der Waals surface area contributed by atoms with Crippen LogP contribution in [0.4, 0.5) is 5.69 Å². The lowest BCUT2D eigenvalue weighted by atomic mass is 10.3. The molecule has 100 valence electrons. The highest BCUT2D eigenvalue weighted by Crippen LogP contribution is 1.98. The molecule has 6 heteroatoms. The second kappa shape index (κ2) is 5.51. The highest BCUT2D eigenvalue weighted by molar-refractivity contribution is 5.31. The number of aryl methyl sites for hydroxylation is 1. The number of anilines is 1. The molecule has 2 aromatic heterocycles. The molecule has 2 N–H and O–H groups in total. The van der Waals surface area contributed by atoms with Crippen molar-refractivity contribution in [3.63, 3.8) is 0 Å². The van der Waals surface area contributed by atoms with E-state index in [0.29, 0.717) is 6.54 Å². The molecule has 2 aromatic rings. The Morgan fingerprint density at radius 2 is 2.16 bits per heavy atom. The first-order valence-electron chi connectivity index (χ1n) is 6.12. The minimum atomic E-state index is -0.457. The molecule has 0 atom stereocenters. The van der Waals surface area contributed by atoms with Gasteiger partial charge in [0.2, 0.25) is 0 Å². The SMILES string of the molecule is CCCn1cc(N)c(=O)n(Cc2cccnc2)c1=O. The maximum Gasteiger partial charge on any atom is 0.331 e. The molecule has 0 amide bonds. The van der Waals surface area contributed by atoms with E-state index >= 15 is 0 Å². The van der Waals surface area contributed by atoms with Crippen LogP contribution in [-0.4, -0.2) is 14.1 Å². The quantitative estimate of drug-likeness (QED) is 0.865. The van der Waals surface area contributed by atoms with E-state index in [0.717, 1.165) is 16.6 Å². The molecule has 0 radical (unpaired) electrons. The monoisotopic (exact) mass is 260 g/mol. The van der Waals surface area contributed by atoms with Crippen LogP contribution >= 0.6 is 0 Å². The zero-order valence-electron chi connectivity index (χ0n) is 10.7. The van der Waals surface area contributed by atoms with E-state index in [2.05, 4.69) is 4.98 Å². The van der Waals surface area contributed by atoms with E-state index < -0.39 is 5.56 Å². The summed E-state index contributed by atoms with van der Waals surface area (Å²) in [4.78, 5) is 28.1. The Hall–Kier alpha value is -2.37. The van der Waals surface area contributed by atoms with Gasteiger partial charge in [-0.2, -0.15) is 0 Å². The normalized spacial score (nSPS) is 10.6. The van der Waals surface area contributed by atoms with E-state index in [1.165, 1.54) is 10.8 Å². The average molecular weight is 260 g/mol. The molecule has 0 saturated carbocycles. The third kappa shape index (κ3) is 2.73. The van der Waals surface area contributed by atoms with Crippen molar-refractivity contribution in [2.45, 2.75) is 26.4 Å². The molecule has 6 nitrogen and oxygen atoms in total. The first-order valence-corrected chi connectivity index (χ1v) is 6.12. The number of hydrogen-bond donors (Lipinski definition) is 1. The van der Waals surface area contributed by atoms with E-state index in [1.807, 2.05) is 13.0 Å². The summed E-state index contributed by atoms with van der Waals surface area (Å²) in [7, 11) is 0. The third-order valence-electron chi connectivity index (χ3n) is 2.79. The Morgan fingerprint density at radius 1 is 1.37 bits per heavy atom. The minimum Gasteiger partial charge on any atom is -0.393 e. The summed E-state index contributed by atoms with van der Waals surface area (Å²) in [5.74, 6) is 0. The number of nitrogens with zero attached hydrogens (tertiary/aromatic N) is 3. The minimum absolute atomic E-state index is 0.0805. The summed E-state index contributed by atoms with van der Waals surface area (Å²) in [6.07, 6.45) is 5.47. The molecule has 0 fully saturated rings. The predicted octanol–water partition coefficient (Wildman–Crippen LogP) is 0.445. The topological polar surface area (TPSA) is 82.9 Å². The summed E-state index contributed by atoms with van der Waals surface area (Å²) in [6, 6.07) is 3.57. The molecular formula is C13H16N4O2. The standard InChI is InChI=1S/C13H16N4O2/c1-2-6-16-9-11(14)12(18)17(13(16)19)8-10-4-3-5-15-7-10/h3-5,7,9H,2,6,8,14H2,1H3. The van der Waals surface area contributed by atoms with E-state index in [-0.39, 0.29) is 17.9 Å². The highest BCUT2D eigenvalue weighted by Gasteiger charge is 2.09. The molecule has 0 saturated heterocycles. The molecule has 0 aliphatic heterocycles. The number of pyridine rings is 1. The fourth-order valence-electron chi connectivity index (χ4n) is 1.89. The second-order valence-corrected chi connectivity index (χ2v) is 4.31. The van der Waals surface area contributed by atoms with Crippen molar-refractivity contribution in [1.29, 1.82) is 0 Å². The maximum atomic E-state index is 12.2. The van der Waals surface area contributed by atoms with Crippen molar-refractivity contribution >= 4 is 5.69 Å². The molecule has 0 unspecified atom stereocenters. The van der Waals surface area contributed by atoms with Crippen LogP contribution in [0.2, 0.25) is 0 Å². The van der Waals surface area contributed by atoms with Crippen molar-refractivity contribution in [2.24, 2.45) is 0 Å². The Labute approximate surface area is 110 Å². The first kappa shape index (κ1) is 13.1. The zero-order chi connectivity index (χ0) is 13.8. The number of hydrogen-bond acceptors (Lipinski definition) is 4. The molecule has 0 bridgehead atoms. The molecule has 19 heavy (non-hydrogen) atoms. The van der Waals surface area contributed by atoms with E-state index in [4.69, 9.17) is 5.73 Å². The largest absolute Gasteiger partial charge is 0.393 e. The average Bonchev–Trinajstić information content (AvgIpc) is 2.42. The molecular weight excluding hydrogens is 244 g/mol. The molecule has 0 aliphatic rings. The van der Waals surface area contributed by atoms with Gasteiger partial charge in [-0.1, -0.05) is 13.0 Å². The summed E-state index contributed by atoms with van der Waals surface area (Å²) >= 11 is 0. The van der Waals surface area contributed by atoms with Crippen LogP contribution in [0.3, 0.4) is 0 Å². The third-order valence-corrected chi connectivity index (χ3v) is 2.79. The van der Waals surface area contributed by atoms with Gasteiger partial charge in [0.25, 0.3) is 5.56 Å². The van der Waals surface area contributed by atoms with Gasteiger partial charge in [-0.3, -0.25) is 18.9 Å². The van der Waals surface area contributed by atoms with Gasteiger partial charge in [0.05, 0.1) is 6.54 Å². The number of rotatable bonds is 4. The van der Waals surface area contributed by atoms with Crippen molar-refractivity contribution in [1.82, 2.24) is 14.1 Å². The summed E-state index contributed by atoms with van der Waals surface area (Å²) in [6.45, 7) is 2.68. The Bertz CT molecular complexity index is 673. The maximum absolute atomic E-state index is 12.2. The lowest BCUT2D eigenvalue weighted by Crippen LogP contribution is -2.40. The second-order valence-electron chi connectivity index (χ2n) is 4.31. The number of nitrogen functional groups attached to an aromatic ring is 1. The van der Waals surface area contributed by atoms with E-state index in [1.54, 1.807) is 18.5 Å². The first-order chi connectivity index (χ1) is 9.13. The predicted molar refractivity (Wildman–Crippen MR) is 73.0 cm³/mol. The van der Waals surface area contributed by atoms with E-state index in [9.17, 15) is 9.59 Å². The van der Waals surface area contributed by atoms with Gasteiger partial charge < -0.3 is 5.73 Å². The van der Waals surface area contributed by atoms with Crippen LogP contribution in [0.15, 0.2) is 40.3 Å². The summed E-state index contributed by atoms with van der Waals surface area (Å²) in [5, 5.41) is 0. The van der Waals surface area contributed by atoms with Crippen LogP contribution < -0.4 is 17.0 Å². The number of aromatic nitrogens is 3. The van der Waals surface area contributed by atoms with Crippen molar-refractivity contribution in [3.05, 3.63) is 57.1 Å². The fourth-order valence-corrected chi connectivity index (χ4v) is 1.89. The number of nitrogens with two attached hydrogens (primary N) is 1. The zero-order valence-corrected chi connectivity index (χ0v) is 10.7. The van der Waals surface area contributed by atoms with Crippen molar-refractivity contribution < 1.29 is 0 Å².